The molecular formula is C21H31N5O2. The van der Waals surface area contributed by atoms with E-state index >= 15 is 0 Å². The van der Waals surface area contributed by atoms with Crippen molar-refractivity contribution in [3.8, 4) is 0 Å². The molecule has 3 saturated heterocycles. The molecule has 0 saturated carbocycles. The molecule has 152 valence electrons. The molecule has 7 heteroatoms. The van der Waals surface area contributed by atoms with Crippen LogP contribution in [0.5, 0.6) is 0 Å². The molecule has 0 bridgehead atoms. The Morgan fingerprint density at radius 2 is 1.86 bits per heavy atom. The molecular weight excluding hydrogens is 354 g/mol. The maximum Gasteiger partial charge on any atom is 0.327 e. The third-order valence-electron chi connectivity index (χ3n) is 6.17. The second-order valence-corrected chi connectivity index (χ2v) is 8.62. The molecule has 1 aromatic carbocycles. The van der Waals surface area contributed by atoms with Gasteiger partial charge in [0.15, 0.2) is 0 Å². The summed E-state index contributed by atoms with van der Waals surface area (Å²) in [5.74, 6) is 0.389. The van der Waals surface area contributed by atoms with Gasteiger partial charge in [-0.2, -0.15) is 0 Å². The Bertz CT molecular complexity index is 750. The van der Waals surface area contributed by atoms with Crippen LogP contribution in [0.4, 0.5) is 10.5 Å². The lowest BCUT2D eigenvalue weighted by Crippen LogP contribution is -2.66. The van der Waals surface area contributed by atoms with Gasteiger partial charge in [0.25, 0.3) is 5.91 Å². The number of imide groups is 1. The van der Waals surface area contributed by atoms with Crippen molar-refractivity contribution in [2.75, 3.05) is 31.6 Å². The van der Waals surface area contributed by atoms with Gasteiger partial charge in [-0.1, -0.05) is 31.5 Å². The zero-order valence-corrected chi connectivity index (χ0v) is 17.3. The number of nitrogens with one attached hydrogen (secondary N) is 1. The molecule has 3 aliphatic rings. The number of carbonyl (C=O) groups excluding carboxylic acids is 2. The first-order chi connectivity index (χ1) is 13.4. The number of hydrogen-bond donors (Lipinski definition) is 1. The van der Waals surface area contributed by atoms with Crippen molar-refractivity contribution in [2.45, 2.75) is 52.1 Å². The van der Waals surface area contributed by atoms with E-state index in [9.17, 15) is 9.59 Å². The van der Waals surface area contributed by atoms with Gasteiger partial charge in [-0.3, -0.25) is 19.9 Å². The monoisotopic (exact) mass is 385 g/mol. The number of nitrogens with zero attached hydrogens (tertiary/aromatic N) is 4. The van der Waals surface area contributed by atoms with Crippen LogP contribution in [0.1, 0.15) is 32.3 Å². The first-order valence-electron chi connectivity index (χ1n) is 10.3. The van der Waals surface area contributed by atoms with E-state index in [2.05, 4.69) is 60.2 Å². The van der Waals surface area contributed by atoms with Crippen LogP contribution in [-0.2, 0) is 4.79 Å². The second-order valence-electron chi connectivity index (χ2n) is 8.62. The minimum atomic E-state index is -0.326. The van der Waals surface area contributed by atoms with E-state index < -0.39 is 0 Å². The van der Waals surface area contributed by atoms with Crippen molar-refractivity contribution < 1.29 is 9.59 Å². The van der Waals surface area contributed by atoms with Crippen molar-refractivity contribution in [1.29, 1.82) is 0 Å². The summed E-state index contributed by atoms with van der Waals surface area (Å²) in [6.45, 7) is 8.58. The fourth-order valence-electron chi connectivity index (χ4n) is 4.51. The van der Waals surface area contributed by atoms with Crippen LogP contribution in [0.25, 0.3) is 0 Å². The summed E-state index contributed by atoms with van der Waals surface area (Å²) in [5.41, 5.74) is 2.37. The molecule has 3 amide bonds. The van der Waals surface area contributed by atoms with E-state index in [0.717, 1.165) is 31.6 Å². The molecule has 1 aromatic rings. The summed E-state index contributed by atoms with van der Waals surface area (Å²) in [4.78, 5) is 33.9. The topological polar surface area (TPSA) is 59.1 Å². The third kappa shape index (κ3) is 3.16. The number of anilines is 1. The fraction of sp³-hybridized carbons (Fsp3) is 0.619. The zero-order valence-electron chi connectivity index (χ0n) is 17.3. The normalized spacial score (nSPS) is 28.2. The molecule has 1 N–H and O–H groups in total. The van der Waals surface area contributed by atoms with Crippen LogP contribution in [0, 0.1) is 12.8 Å². The first-order valence-corrected chi connectivity index (χ1v) is 10.3. The minimum absolute atomic E-state index is 0.0606. The van der Waals surface area contributed by atoms with Crippen LogP contribution >= 0.6 is 0 Å². The van der Waals surface area contributed by atoms with Gasteiger partial charge in [-0.05, 0) is 37.8 Å². The van der Waals surface area contributed by atoms with E-state index in [4.69, 9.17) is 0 Å². The maximum absolute atomic E-state index is 13.3. The highest BCUT2D eigenvalue weighted by Gasteiger charge is 2.55. The Morgan fingerprint density at radius 3 is 2.54 bits per heavy atom. The number of benzene rings is 1. The molecule has 3 aliphatic heterocycles. The van der Waals surface area contributed by atoms with Gasteiger partial charge in [0.05, 0.1) is 0 Å². The molecule has 0 spiro atoms. The zero-order chi connectivity index (χ0) is 20.0. The van der Waals surface area contributed by atoms with Crippen LogP contribution in [-0.4, -0.2) is 71.8 Å². The quantitative estimate of drug-likeness (QED) is 0.859. The Morgan fingerprint density at radius 1 is 1.14 bits per heavy atom. The second kappa shape index (κ2) is 7.37. The fourth-order valence-corrected chi connectivity index (χ4v) is 4.51. The lowest BCUT2D eigenvalue weighted by atomic mass is 10.1. The highest BCUT2D eigenvalue weighted by molar-refractivity contribution is 6.00. The van der Waals surface area contributed by atoms with E-state index in [1.54, 1.807) is 11.9 Å². The van der Waals surface area contributed by atoms with Crippen molar-refractivity contribution in [3.63, 3.8) is 0 Å². The van der Waals surface area contributed by atoms with Crippen LogP contribution in [0.15, 0.2) is 24.3 Å². The smallest absolute Gasteiger partial charge is 0.327 e. The van der Waals surface area contributed by atoms with Crippen molar-refractivity contribution in [3.05, 3.63) is 29.8 Å². The van der Waals surface area contributed by atoms with Gasteiger partial charge in [-0.25, -0.2) is 4.79 Å². The van der Waals surface area contributed by atoms with Crippen molar-refractivity contribution in [2.24, 2.45) is 5.92 Å². The third-order valence-corrected chi connectivity index (χ3v) is 6.17. The summed E-state index contributed by atoms with van der Waals surface area (Å²) < 4.78 is 0. The molecule has 0 radical (unpaired) electrons. The number of carbonyl (C=O) groups is 2. The molecule has 3 unspecified atom stereocenters. The number of likely N-dealkylation sites (N-methyl/N-ethyl adjacent to an activating group) is 1. The van der Waals surface area contributed by atoms with Crippen LogP contribution in [0.2, 0.25) is 0 Å². The predicted molar refractivity (Wildman–Crippen MR) is 109 cm³/mol. The number of rotatable bonds is 4. The molecule has 28 heavy (non-hydrogen) atoms. The largest absolute Gasteiger partial charge is 0.343 e. The first kappa shape index (κ1) is 19.2. The Labute approximate surface area is 167 Å². The summed E-state index contributed by atoms with van der Waals surface area (Å²) in [5, 5.41) is 3.56. The standard InChI is InChI=1S/C21H31N5O2/c1-14(2)10-13-26-19(27)17-18(23(4)21(26)28)22-20-24(11-5-12-25(17)20)16-8-6-15(3)7-9-16/h6-9,14,17-18,20,22H,5,10-13H2,1-4H3. The van der Waals surface area contributed by atoms with Gasteiger partial charge in [-0.15, -0.1) is 0 Å². The van der Waals surface area contributed by atoms with E-state index in [0.29, 0.717) is 12.5 Å². The summed E-state index contributed by atoms with van der Waals surface area (Å²) in [7, 11) is 1.80. The van der Waals surface area contributed by atoms with E-state index in [1.165, 1.54) is 10.5 Å². The molecule has 3 heterocycles. The lowest BCUT2D eigenvalue weighted by Gasteiger charge is -2.44. The highest BCUT2D eigenvalue weighted by Crippen LogP contribution is 2.33. The Hall–Kier alpha value is -2.12. The molecule has 4 rings (SSSR count). The van der Waals surface area contributed by atoms with Crippen molar-refractivity contribution in [1.82, 2.24) is 20.0 Å². The SMILES string of the molecule is Cc1ccc(N2CCCN3C4C(=O)N(CCC(C)C)C(=O)N(C)C4NC23)cc1. The van der Waals surface area contributed by atoms with Crippen molar-refractivity contribution >= 4 is 17.6 Å². The van der Waals surface area contributed by atoms with E-state index in [1.807, 2.05) is 0 Å². The van der Waals surface area contributed by atoms with Gasteiger partial charge in [0.2, 0.25) is 0 Å². The number of fused-ring (bicyclic) bond motifs is 3. The van der Waals surface area contributed by atoms with Gasteiger partial charge < -0.3 is 9.80 Å². The summed E-state index contributed by atoms with van der Waals surface area (Å²) >= 11 is 0. The molecule has 0 aromatic heterocycles. The Kier molecular flexibility index (Phi) is 5.05. The van der Waals surface area contributed by atoms with E-state index in [-0.39, 0.29) is 30.4 Å². The number of aryl methyl sites for hydroxylation is 1. The molecule has 3 fully saturated rings. The predicted octanol–water partition coefficient (Wildman–Crippen LogP) is 2.03. The number of urea groups is 1. The number of amides is 3. The van der Waals surface area contributed by atoms with Gasteiger partial charge in [0.1, 0.15) is 18.5 Å². The number of hydrogen-bond acceptors (Lipinski definition) is 5. The van der Waals surface area contributed by atoms with Crippen LogP contribution in [0.3, 0.4) is 0 Å². The van der Waals surface area contributed by atoms with Gasteiger partial charge in [0, 0.05) is 32.4 Å². The minimum Gasteiger partial charge on any atom is -0.343 e. The summed E-state index contributed by atoms with van der Waals surface area (Å²) in [6.07, 6.45) is 1.46. The van der Waals surface area contributed by atoms with Gasteiger partial charge >= 0.3 is 6.03 Å². The Balaban J connectivity index is 1.60. The molecule has 3 atom stereocenters. The summed E-state index contributed by atoms with van der Waals surface area (Å²) in [6, 6.07) is 7.98. The lowest BCUT2D eigenvalue weighted by molar-refractivity contribution is -0.138. The van der Waals surface area contributed by atoms with Crippen LogP contribution < -0.4 is 10.2 Å². The highest BCUT2D eigenvalue weighted by atomic mass is 16.2. The average molecular weight is 386 g/mol. The molecule has 7 nitrogen and oxygen atoms in total. The average Bonchev–Trinajstić information content (AvgIpc) is 3.06. The maximum atomic E-state index is 13.3. The molecule has 0 aliphatic carbocycles.